The molecule has 0 radical (unpaired) electrons. The van der Waals surface area contributed by atoms with Gasteiger partial charge < -0.3 is 15.0 Å². The van der Waals surface area contributed by atoms with Gasteiger partial charge in [0.25, 0.3) is 0 Å². The van der Waals surface area contributed by atoms with Crippen molar-refractivity contribution < 1.29 is 4.74 Å². The minimum absolute atomic E-state index is 0.694. The number of nitrogens with zero attached hydrogens (tertiary/aromatic N) is 2. The highest BCUT2D eigenvalue weighted by Crippen LogP contribution is 2.29. The van der Waals surface area contributed by atoms with Crippen LogP contribution in [0.5, 0.6) is 11.5 Å². The number of para-hydroxylation sites is 1. The van der Waals surface area contributed by atoms with Crippen LogP contribution >= 0.6 is 0 Å². The fraction of sp³-hybridized carbons (Fsp3) is 0.0400. The number of rotatable bonds is 5. The van der Waals surface area contributed by atoms with Crippen molar-refractivity contribution in [3.63, 3.8) is 0 Å². The van der Waals surface area contributed by atoms with Gasteiger partial charge in [0, 0.05) is 23.5 Å². The van der Waals surface area contributed by atoms with E-state index >= 15 is 0 Å². The lowest BCUT2D eigenvalue weighted by molar-refractivity contribution is 0.483. The molecule has 2 aromatic heterocycles. The van der Waals surface area contributed by atoms with Gasteiger partial charge in [-0.3, -0.25) is 0 Å². The van der Waals surface area contributed by atoms with Crippen molar-refractivity contribution in [3.05, 3.63) is 96.7 Å². The maximum atomic E-state index is 5.94. The number of nitrogens with one attached hydrogen (secondary N) is 2. The molecule has 146 valence electrons. The van der Waals surface area contributed by atoms with E-state index in [9.17, 15) is 0 Å². The second-order valence-corrected chi connectivity index (χ2v) is 7.08. The summed E-state index contributed by atoms with van der Waals surface area (Å²) in [5, 5.41) is 3.38. The van der Waals surface area contributed by atoms with Crippen molar-refractivity contribution in [2.75, 3.05) is 5.32 Å². The number of ether oxygens (including phenoxy) is 1. The summed E-state index contributed by atoms with van der Waals surface area (Å²) < 4.78 is 5.94. The van der Waals surface area contributed by atoms with E-state index in [-0.39, 0.29) is 0 Å². The van der Waals surface area contributed by atoms with E-state index < -0.39 is 0 Å². The number of imidazole rings is 1. The molecule has 5 aromatic rings. The standard InChI is InChI=1S/C25H20N4O/c1-17-7-5-8-18(15-17)24-28-22-13-14-26-25(23(22)29-24)27-19-9-6-12-21(16-19)30-20-10-3-2-4-11-20/h2-16H,1H3,(H,26,27)(H,28,29). The molecular formula is C25H20N4O. The predicted octanol–water partition coefficient (Wildman–Crippen LogP) is 6.47. The van der Waals surface area contributed by atoms with Crippen molar-refractivity contribution in [3.8, 4) is 22.9 Å². The van der Waals surface area contributed by atoms with Crippen LogP contribution in [0.15, 0.2) is 91.1 Å². The Morgan fingerprint density at radius 1 is 0.833 bits per heavy atom. The molecule has 0 saturated heterocycles. The Hall–Kier alpha value is -4.12. The van der Waals surface area contributed by atoms with Gasteiger partial charge in [0.05, 0.1) is 5.52 Å². The fourth-order valence-corrected chi connectivity index (χ4v) is 3.35. The van der Waals surface area contributed by atoms with E-state index in [0.29, 0.717) is 5.82 Å². The first-order valence-electron chi connectivity index (χ1n) is 9.76. The Morgan fingerprint density at radius 2 is 1.67 bits per heavy atom. The lowest BCUT2D eigenvalue weighted by Crippen LogP contribution is -1.95. The minimum Gasteiger partial charge on any atom is -0.457 e. The molecule has 0 aliphatic rings. The number of pyridine rings is 1. The van der Waals surface area contributed by atoms with Crippen LogP contribution < -0.4 is 10.1 Å². The summed E-state index contributed by atoms with van der Waals surface area (Å²) in [7, 11) is 0. The van der Waals surface area contributed by atoms with Gasteiger partial charge in [-0.05, 0) is 43.3 Å². The molecule has 2 heterocycles. The summed E-state index contributed by atoms with van der Waals surface area (Å²) in [5.74, 6) is 3.07. The first kappa shape index (κ1) is 17.9. The number of H-pyrrole nitrogens is 1. The molecule has 0 saturated carbocycles. The van der Waals surface area contributed by atoms with Gasteiger partial charge in [-0.1, -0.05) is 48.0 Å². The Bertz CT molecular complexity index is 1310. The molecule has 0 unspecified atom stereocenters. The molecule has 0 bridgehead atoms. The number of aromatic nitrogens is 3. The van der Waals surface area contributed by atoms with Gasteiger partial charge in [-0.15, -0.1) is 0 Å². The smallest absolute Gasteiger partial charge is 0.158 e. The highest BCUT2D eigenvalue weighted by Gasteiger charge is 2.11. The third kappa shape index (κ3) is 3.73. The molecule has 5 nitrogen and oxygen atoms in total. The Balaban J connectivity index is 1.45. The third-order valence-corrected chi connectivity index (χ3v) is 4.77. The van der Waals surface area contributed by atoms with Gasteiger partial charge in [-0.2, -0.15) is 0 Å². The number of aromatic amines is 1. The number of benzene rings is 3. The van der Waals surface area contributed by atoms with E-state index in [1.807, 2.05) is 66.7 Å². The zero-order valence-electron chi connectivity index (χ0n) is 16.5. The number of hydrogen-bond acceptors (Lipinski definition) is 4. The molecular weight excluding hydrogens is 372 g/mol. The van der Waals surface area contributed by atoms with Crippen LogP contribution in [0, 0.1) is 6.92 Å². The van der Waals surface area contributed by atoms with Gasteiger partial charge >= 0.3 is 0 Å². The van der Waals surface area contributed by atoms with E-state index in [4.69, 9.17) is 9.72 Å². The fourth-order valence-electron chi connectivity index (χ4n) is 3.35. The first-order chi connectivity index (χ1) is 14.7. The van der Waals surface area contributed by atoms with Gasteiger partial charge in [0.1, 0.15) is 22.8 Å². The van der Waals surface area contributed by atoms with Crippen LogP contribution in [0.2, 0.25) is 0 Å². The summed E-state index contributed by atoms with van der Waals surface area (Å²) in [4.78, 5) is 12.7. The molecule has 5 heteroatoms. The number of fused-ring (bicyclic) bond motifs is 1. The van der Waals surface area contributed by atoms with Gasteiger partial charge in [-0.25, -0.2) is 9.97 Å². The van der Waals surface area contributed by atoms with E-state index in [0.717, 1.165) is 39.6 Å². The lowest BCUT2D eigenvalue weighted by Gasteiger charge is -2.09. The molecule has 0 aliphatic heterocycles. The van der Waals surface area contributed by atoms with Gasteiger partial charge in [0.15, 0.2) is 5.82 Å². The SMILES string of the molecule is Cc1cccc(-c2nc3c(Nc4cccc(Oc5ccccc5)c4)nccc3[nH]2)c1. The summed E-state index contributed by atoms with van der Waals surface area (Å²) in [6.45, 7) is 2.07. The van der Waals surface area contributed by atoms with Crippen LogP contribution in [0.25, 0.3) is 22.4 Å². The normalized spacial score (nSPS) is 10.8. The lowest BCUT2D eigenvalue weighted by atomic mass is 10.1. The molecule has 0 atom stereocenters. The van der Waals surface area contributed by atoms with Crippen molar-refractivity contribution >= 4 is 22.5 Å². The van der Waals surface area contributed by atoms with Crippen molar-refractivity contribution in [2.24, 2.45) is 0 Å². The van der Waals surface area contributed by atoms with Crippen molar-refractivity contribution in [2.45, 2.75) is 6.92 Å². The zero-order chi connectivity index (χ0) is 20.3. The number of anilines is 2. The quantitative estimate of drug-likeness (QED) is 0.360. The average molecular weight is 392 g/mol. The summed E-state index contributed by atoms with van der Waals surface area (Å²) in [5.41, 5.74) is 4.85. The maximum absolute atomic E-state index is 5.94. The highest BCUT2D eigenvalue weighted by molar-refractivity contribution is 5.90. The maximum Gasteiger partial charge on any atom is 0.158 e. The van der Waals surface area contributed by atoms with Crippen LogP contribution in [0.3, 0.4) is 0 Å². The highest BCUT2D eigenvalue weighted by atomic mass is 16.5. The Morgan fingerprint density at radius 3 is 2.53 bits per heavy atom. The largest absolute Gasteiger partial charge is 0.457 e. The minimum atomic E-state index is 0.694. The molecule has 0 spiro atoms. The van der Waals surface area contributed by atoms with E-state index in [1.54, 1.807) is 6.20 Å². The zero-order valence-corrected chi connectivity index (χ0v) is 16.5. The molecule has 0 fully saturated rings. The van der Waals surface area contributed by atoms with Crippen LogP contribution in [0.1, 0.15) is 5.56 Å². The van der Waals surface area contributed by atoms with Crippen molar-refractivity contribution in [1.29, 1.82) is 0 Å². The second-order valence-electron chi connectivity index (χ2n) is 7.08. The van der Waals surface area contributed by atoms with E-state index in [1.165, 1.54) is 5.56 Å². The topological polar surface area (TPSA) is 62.8 Å². The molecule has 0 amide bonds. The molecule has 3 aromatic carbocycles. The molecule has 2 N–H and O–H groups in total. The average Bonchev–Trinajstić information content (AvgIpc) is 3.20. The first-order valence-corrected chi connectivity index (χ1v) is 9.76. The summed E-state index contributed by atoms with van der Waals surface area (Å²) in [6, 6.07) is 27.7. The third-order valence-electron chi connectivity index (χ3n) is 4.77. The molecule has 5 rings (SSSR count). The number of aryl methyl sites for hydroxylation is 1. The monoisotopic (exact) mass is 392 g/mol. The predicted molar refractivity (Wildman–Crippen MR) is 120 cm³/mol. The van der Waals surface area contributed by atoms with Crippen molar-refractivity contribution in [1.82, 2.24) is 15.0 Å². The Labute approximate surface area is 174 Å². The van der Waals surface area contributed by atoms with Crippen LogP contribution in [0.4, 0.5) is 11.5 Å². The second kappa shape index (κ2) is 7.72. The molecule has 30 heavy (non-hydrogen) atoms. The van der Waals surface area contributed by atoms with Crippen LogP contribution in [-0.4, -0.2) is 15.0 Å². The Kier molecular flexibility index (Phi) is 4.62. The molecule has 0 aliphatic carbocycles. The summed E-state index contributed by atoms with van der Waals surface area (Å²) >= 11 is 0. The number of hydrogen-bond donors (Lipinski definition) is 2. The summed E-state index contributed by atoms with van der Waals surface area (Å²) in [6.07, 6.45) is 1.77. The van der Waals surface area contributed by atoms with E-state index in [2.05, 4.69) is 40.4 Å². The van der Waals surface area contributed by atoms with Crippen LogP contribution in [-0.2, 0) is 0 Å². The van der Waals surface area contributed by atoms with Gasteiger partial charge in [0.2, 0.25) is 0 Å².